The van der Waals surface area contributed by atoms with Crippen molar-refractivity contribution in [1.29, 1.82) is 0 Å². The average molecular weight is 237 g/mol. The molecule has 0 aliphatic carbocycles. The van der Waals surface area contributed by atoms with Crippen LogP contribution in [0.15, 0.2) is 65.4 Å². The van der Waals surface area contributed by atoms with Crippen LogP contribution >= 0.6 is 0 Å². The first-order chi connectivity index (χ1) is 8.78. The van der Waals surface area contributed by atoms with E-state index in [0.717, 1.165) is 16.9 Å². The van der Waals surface area contributed by atoms with Crippen LogP contribution < -0.4 is 5.43 Å². The summed E-state index contributed by atoms with van der Waals surface area (Å²) in [4.78, 5) is 0. The fourth-order valence-electron chi connectivity index (χ4n) is 1.57. The normalized spacial score (nSPS) is 10.5. The maximum absolute atomic E-state index is 4.11. The summed E-state index contributed by atoms with van der Waals surface area (Å²) in [5.74, 6) is 0. The van der Waals surface area contributed by atoms with Crippen LogP contribution in [0, 0.1) is 6.92 Å². The first-order valence-electron chi connectivity index (χ1n) is 5.74. The van der Waals surface area contributed by atoms with Gasteiger partial charge in [0.05, 0.1) is 11.4 Å². The number of aryl methyl sites for hydroxylation is 1. The van der Waals surface area contributed by atoms with Gasteiger partial charge in [-0.05, 0) is 42.3 Å². The average Bonchev–Trinajstić information content (AvgIpc) is 2.39. The Hall–Kier alpha value is -2.42. The van der Waals surface area contributed by atoms with Gasteiger partial charge in [0.2, 0.25) is 0 Å². The minimum atomic E-state index is 0.799. The fourth-order valence-corrected chi connectivity index (χ4v) is 1.57. The lowest BCUT2D eigenvalue weighted by molar-refractivity contribution is 1.13. The quantitative estimate of drug-likeness (QED) is 0.604. The third-order valence-corrected chi connectivity index (χ3v) is 2.47. The summed E-state index contributed by atoms with van der Waals surface area (Å²) >= 11 is 0. The summed E-state index contributed by atoms with van der Waals surface area (Å²) < 4.78 is 0. The lowest BCUT2D eigenvalue weighted by atomic mass is 10.2. The summed E-state index contributed by atoms with van der Waals surface area (Å²) in [5, 5.41) is 8.07. The van der Waals surface area contributed by atoms with Gasteiger partial charge in [-0.1, -0.05) is 42.1 Å². The van der Waals surface area contributed by atoms with Crippen LogP contribution in [-0.2, 0) is 0 Å². The zero-order valence-electron chi connectivity index (χ0n) is 10.3. The molecule has 0 saturated heterocycles. The monoisotopic (exact) mass is 237 g/mol. The highest BCUT2D eigenvalue weighted by molar-refractivity contribution is 5.53. The van der Waals surface area contributed by atoms with Crippen molar-refractivity contribution < 1.29 is 0 Å². The molecule has 2 aromatic rings. The number of hydrogen-bond acceptors (Lipinski definition) is 2. The van der Waals surface area contributed by atoms with Crippen molar-refractivity contribution in [3.8, 4) is 0 Å². The van der Waals surface area contributed by atoms with Gasteiger partial charge in [-0.25, -0.2) is 0 Å². The molecule has 0 aliphatic rings. The van der Waals surface area contributed by atoms with Crippen molar-refractivity contribution in [2.24, 2.45) is 10.3 Å². The third kappa shape index (κ3) is 3.28. The Kier molecular flexibility index (Phi) is 3.86. The highest BCUT2D eigenvalue weighted by atomic mass is 15.4. The third-order valence-electron chi connectivity index (χ3n) is 2.47. The Balaban J connectivity index is 2.05. The van der Waals surface area contributed by atoms with E-state index in [2.05, 4.69) is 22.3 Å². The van der Waals surface area contributed by atoms with Crippen LogP contribution in [0.2, 0.25) is 0 Å². The van der Waals surface area contributed by atoms with E-state index < -0.39 is 0 Å². The lowest BCUT2D eigenvalue weighted by Crippen LogP contribution is -1.86. The fraction of sp³-hybridized carbons (Fsp3) is 0.0667. The molecule has 3 heteroatoms. The van der Waals surface area contributed by atoms with E-state index in [4.69, 9.17) is 0 Å². The largest absolute Gasteiger partial charge is 0.260 e. The molecule has 2 aromatic carbocycles. The molecule has 0 aliphatic heterocycles. The van der Waals surface area contributed by atoms with E-state index in [9.17, 15) is 0 Å². The number of rotatable bonds is 4. The van der Waals surface area contributed by atoms with E-state index in [1.807, 2.05) is 55.5 Å². The van der Waals surface area contributed by atoms with Crippen molar-refractivity contribution >= 4 is 17.5 Å². The van der Waals surface area contributed by atoms with E-state index in [1.54, 1.807) is 6.08 Å². The molecular formula is C15H15N3. The highest BCUT2D eigenvalue weighted by Crippen LogP contribution is 2.16. The van der Waals surface area contributed by atoms with Crippen molar-refractivity contribution in [2.75, 3.05) is 5.43 Å². The molecule has 0 aromatic heterocycles. The predicted octanol–water partition coefficient (Wildman–Crippen LogP) is 4.75. The van der Waals surface area contributed by atoms with Crippen LogP contribution in [0.4, 0.5) is 11.4 Å². The summed E-state index contributed by atoms with van der Waals surface area (Å²) in [6.45, 7) is 5.76. The topological polar surface area (TPSA) is 36.8 Å². The Morgan fingerprint density at radius 1 is 1.11 bits per heavy atom. The standard InChI is InChI=1S/C15H15N3/c1-3-13-7-5-9-15(11-13)17-18-16-14-8-4-6-12(2)10-14/h3-11H,1H2,2H3,(H,16,17). The number of nitrogens with zero attached hydrogens (tertiary/aromatic N) is 2. The molecule has 1 N–H and O–H groups in total. The van der Waals surface area contributed by atoms with Crippen LogP contribution in [0.1, 0.15) is 11.1 Å². The minimum Gasteiger partial charge on any atom is -0.260 e. The number of anilines is 1. The van der Waals surface area contributed by atoms with Gasteiger partial charge in [0.15, 0.2) is 0 Å². The zero-order chi connectivity index (χ0) is 12.8. The molecule has 0 atom stereocenters. The van der Waals surface area contributed by atoms with Gasteiger partial charge in [0.25, 0.3) is 0 Å². The van der Waals surface area contributed by atoms with Crippen LogP contribution in [0.5, 0.6) is 0 Å². The van der Waals surface area contributed by atoms with Gasteiger partial charge < -0.3 is 0 Å². The first-order valence-corrected chi connectivity index (χ1v) is 5.74. The summed E-state index contributed by atoms with van der Waals surface area (Å²) in [6.07, 6.45) is 1.78. The Labute approximate surface area is 107 Å². The molecule has 3 nitrogen and oxygen atoms in total. The zero-order valence-corrected chi connectivity index (χ0v) is 10.3. The summed E-state index contributed by atoms with van der Waals surface area (Å²) in [6, 6.07) is 15.7. The van der Waals surface area contributed by atoms with Crippen LogP contribution in [0.25, 0.3) is 6.08 Å². The Bertz CT molecular complexity index is 573. The van der Waals surface area contributed by atoms with Crippen LogP contribution in [0.3, 0.4) is 0 Å². The maximum Gasteiger partial charge on any atom is 0.0880 e. The molecule has 0 bridgehead atoms. The van der Waals surface area contributed by atoms with Gasteiger partial charge in [-0.2, -0.15) is 0 Å². The van der Waals surface area contributed by atoms with E-state index in [-0.39, 0.29) is 0 Å². The maximum atomic E-state index is 4.11. The summed E-state index contributed by atoms with van der Waals surface area (Å²) in [5.41, 5.74) is 6.85. The molecule has 0 heterocycles. The van der Waals surface area contributed by atoms with Gasteiger partial charge in [-0.15, -0.1) is 5.11 Å². The second-order valence-electron chi connectivity index (χ2n) is 3.98. The van der Waals surface area contributed by atoms with Crippen molar-refractivity contribution in [3.63, 3.8) is 0 Å². The van der Waals surface area contributed by atoms with E-state index >= 15 is 0 Å². The highest BCUT2D eigenvalue weighted by Gasteiger charge is 1.92. The Morgan fingerprint density at radius 3 is 2.72 bits per heavy atom. The minimum absolute atomic E-state index is 0.799. The number of benzene rings is 2. The van der Waals surface area contributed by atoms with E-state index in [0.29, 0.717) is 0 Å². The molecule has 0 amide bonds. The second-order valence-corrected chi connectivity index (χ2v) is 3.98. The molecule has 2 rings (SSSR count). The summed E-state index contributed by atoms with van der Waals surface area (Å²) in [7, 11) is 0. The molecule has 0 fully saturated rings. The van der Waals surface area contributed by atoms with E-state index in [1.165, 1.54) is 5.56 Å². The predicted molar refractivity (Wildman–Crippen MR) is 75.9 cm³/mol. The first kappa shape index (κ1) is 12.0. The van der Waals surface area contributed by atoms with Gasteiger partial charge in [-0.3, -0.25) is 5.43 Å². The second kappa shape index (κ2) is 5.77. The number of hydrogen-bond donors (Lipinski definition) is 1. The SMILES string of the molecule is C=Cc1cccc(/N=N/Nc2cccc(C)c2)c1. The van der Waals surface area contributed by atoms with Crippen molar-refractivity contribution in [2.45, 2.75) is 6.92 Å². The molecule has 0 unspecified atom stereocenters. The van der Waals surface area contributed by atoms with Crippen LogP contribution in [-0.4, -0.2) is 0 Å². The molecule has 90 valence electrons. The molecular weight excluding hydrogens is 222 g/mol. The van der Waals surface area contributed by atoms with Crippen molar-refractivity contribution in [3.05, 3.63) is 66.2 Å². The number of nitrogens with one attached hydrogen (secondary N) is 1. The lowest BCUT2D eigenvalue weighted by Gasteiger charge is -2.00. The van der Waals surface area contributed by atoms with Crippen molar-refractivity contribution in [1.82, 2.24) is 0 Å². The van der Waals surface area contributed by atoms with Gasteiger partial charge >= 0.3 is 0 Å². The van der Waals surface area contributed by atoms with Gasteiger partial charge in [0.1, 0.15) is 0 Å². The van der Waals surface area contributed by atoms with Gasteiger partial charge in [0, 0.05) is 0 Å². The smallest absolute Gasteiger partial charge is 0.0880 e. The Morgan fingerprint density at radius 2 is 1.94 bits per heavy atom. The molecule has 0 saturated carbocycles. The molecule has 0 radical (unpaired) electrons. The molecule has 0 spiro atoms. The molecule has 18 heavy (non-hydrogen) atoms.